The van der Waals surface area contributed by atoms with Gasteiger partial charge in [-0.2, -0.15) is 4.98 Å². The van der Waals surface area contributed by atoms with Crippen LogP contribution in [-0.4, -0.2) is 23.2 Å². The number of rotatable bonds is 2. The van der Waals surface area contributed by atoms with Crippen LogP contribution in [0, 0.1) is 0 Å². The van der Waals surface area contributed by atoms with Crippen LogP contribution >= 0.6 is 23.2 Å². The molecular weight excluding hydrogens is 267 g/mol. The number of carbonyl (C=O) groups is 1. The summed E-state index contributed by atoms with van der Waals surface area (Å²) in [5.41, 5.74) is 0.412. The summed E-state index contributed by atoms with van der Waals surface area (Å²) in [5.74, 6) is -0.827. The summed E-state index contributed by atoms with van der Waals surface area (Å²) in [6, 6.07) is 4.96. The van der Waals surface area contributed by atoms with E-state index in [0.29, 0.717) is 15.6 Å². The topological polar surface area (TPSA) is 65.2 Å². The molecule has 2 aromatic rings. The molecule has 0 N–H and O–H groups in total. The highest BCUT2D eigenvalue weighted by atomic mass is 35.5. The minimum atomic E-state index is -0.716. The van der Waals surface area contributed by atoms with Crippen LogP contribution in [0.2, 0.25) is 10.0 Å². The van der Waals surface area contributed by atoms with Crippen LogP contribution in [-0.2, 0) is 4.74 Å². The van der Waals surface area contributed by atoms with E-state index in [-0.39, 0.29) is 11.7 Å². The summed E-state index contributed by atoms with van der Waals surface area (Å²) in [4.78, 5) is 15.0. The van der Waals surface area contributed by atoms with Gasteiger partial charge in [-0.1, -0.05) is 34.4 Å². The molecule has 0 saturated heterocycles. The molecule has 0 saturated carbocycles. The van der Waals surface area contributed by atoms with Crippen molar-refractivity contribution < 1.29 is 14.1 Å². The SMILES string of the molecule is COC(=O)c1nc(-c2c(Cl)cccc2Cl)no1. The number of hydrogen-bond acceptors (Lipinski definition) is 5. The first-order valence-electron chi connectivity index (χ1n) is 4.50. The smallest absolute Gasteiger partial charge is 0.397 e. The van der Waals surface area contributed by atoms with Crippen LogP contribution in [0.25, 0.3) is 11.4 Å². The number of esters is 1. The molecule has 1 aromatic heterocycles. The van der Waals surface area contributed by atoms with E-state index in [1.165, 1.54) is 7.11 Å². The lowest BCUT2D eigenvalue weighted by Crippen LogP contribution is -2.01. The molecule has 0 fully saturated rings. The van der Waals surface area contributed by atoms with E-state index in [9.17, 15) is 4.79 Å². The Kier molecular flexibility index (Phi) is 3.31. The molecule has 0 aliphatic carbocycles. The largest absolute Gasteiger partial charge is 0.462 e. The lowest BCUT2D eigenvalue weighted by molar-refractivity contribution is 0.0545. The maximum absolute atomic E-state index is 11.1. The number of benzene rings is 1. The fourth-order valence-corrected chi connectivity index (χ4v) is 1.77. The third kappa shape index (κ3) is 2.25. The first-order valence-corrected chi connectivity index (χ1v) is 5.25. The second kappa shape index (κ2) is 4.73. The van der Waals surface area contributed by atoms with Gasteiger partial charge in [-0.25, -0.2) is 4.79 Å². The summed E-state index contributed by atoms with van der Waals surface area (Å²) in [6.45, 7) is 0. The monoisotopic (exact) mass is 272 g/mol. The zero-order chi connectivity index (χ0) is 12.4. The maximum atomic E-state index is 11.1. The first-order chi connectivity index (χ1) is 8.13. The van der Waals surface area contributed by atoms with E-state index in [0.717, 1.165) is 0 Å². The number of aromatic nitrogens is 2. The minimum Gasteiger partial charge on any atom is -0.462 e. The van der Waals surface area contributed by atoms with Gasteiger partial charge in [-0.05, 0) is 12.1 Å². The zero-order valence-electron chi connectivity index (χ0n) is 8.61. The van der Waals surface area contributed by atoms with Gasteiger partial charge in [0.05, 0.1) is 22.7 Å². The summed E-state index contributed by atoms with van der Waals surface area (Å²) in [5, 5.41) is 4.36. The molecule has 0 aliphatic heterocycles. The quantitative estimate of drug-likeness (QED) is 0.787. The van der Waals surface area contributed by atoms with Gasteiger partial charge in [0.25, 0.3) is 0 Å². The molecule has 1 heterocycles. The van der Waals surface area contributed by atoms with Gasteiger partial charge in [0.2, 0.25) is 5.82 Å². The number of halogens is 2. The first kappa shape index (κ1) is 11.9. The molecule has 88 valence electrons. The maximum Gasteiger partial charge on any atom is 0.397 e. The molecule has 0 unspecified atom stereocenters. The average Bonchev–Trinajstić information content (AvgIpc) is 2.77. The standard InChI is InChI=1S/C10H6Cl2N2O3/c1-16-10(15)9-13-8(14-17-9)7-5(11)3-2-4-6(7)12/h2-4H,1H3. The molecule has 0 amide bonds. The van der Waals surface area contributed by atoms with E-state index in [1.54, 1.807) is 18.2 Å². The van der Waals surface area contributed by atoms with Crippen LogP contribution in [0.15, 0.2) is 22.7 Å². The van der Waals surface area contributed by atoms with E-state index >= 15 is 0 Å². The van der Waals surface area contributed by atoms with Crippen molar-refractivity contribution in [3.63, 3.8) is 0 Å². The Balaban J connectivity index is 2.47. The summed E-state index contributed by atoms with van der Waals surface area (Å²) in [6.07, 6.45) is 0. The second-order valence-corrected chi connectivity index (χ2v) is 3.83. The molecule has 2 rings (SSSR count). The van der Waals surface area contributed by atoms with Gasteiger partial charge in [0, 0.05) is 0 Å². The van der Waals surface area contributed by atoms with Crippen LogP contribution in [0.1, 0.15) is 10.7 Å². The molecule has 0 radical (unpaired) electrons. The number of nitrogens with zero attached hydrogens (tertiary/aromatic N) is 2. The fraction of sp³-hybridized carbons (Fsp3) is 0.100. The Morgan fingerprint density at radius 1 is 1.35 bits per heavy atom. The number of ether oxygens (including phenoxy) is 1. The van der Waals surface area contributed by atoms with E-state index in [2.05, 4.69) is 14.9 Å². The highest BCUT2D eigenvalue weighted by molar-refractivity contribution is 6.38. The molecule has 1 aromatic carbocycles. The Bertz CT molecular complexity index is 548. The highest BCUT2D eigenvalue weighted by Crippen LogP contribution is 2.32. The summed E-state index contributed by atoms with van der Waals surface area (Å²) < 4.78 is 9.17. The van der Waals surface area contributed by atoms with E-state index in [1.807, 2.05) is 0 Å². The van der Waals surface area contributed by atoms with Gasteiger partial charge in [-0.15, -0.1) is 0 Å². The molecule has 0 spiro atoms. The predicted molar refractivity (Wildman–Crippen MR) is 61.1 cm³/mol. The molecule has 0 atom stereocenters. The van der Waals surface area contributed by atoms with Gasteiger partial charge in [0.15, 0.2) is 0 Å². The Morgan fingerprint density at radius 3 is 2.59 bits per heavy atom. The van der Waals surface area contributed by atoms with Crippen LogP contribution < -0.4 is 0 Å². The molecule has 7 heteroatoms. The van der Waals surface area contributed by atoms with E-state index < -0.39 is 5.97 Å². The van der Waals surface area contributed by atoms with Crippen molar-refractivity contribution in [2.24, 2.45) is 0 Å². The Morgan fingerprint density at radius 2 is 2.00 bits per heavy atom. The van der Waals surface area contributed by atoms with Crippen molar-refractivity contribution in [1.82, 2.24) is 10.1 Å². The fourth-order valence-electron chi connectivity index (χ4n) is 1.21. The van der Waals surface area contributed by atoms with Crippen LogP contribution in [0.3, 0.4) is 0 Å². The van der Waals surface area contributed by atoms with Crippen molar-refractivity contribution in [2.45, 2.75) is 0 Å². The van der Waals surface area contributed by atoms with E-state index in [4.69, 9.17) is 27.7 Å². The lowest BCUT2D eigenvalue weighted by atomic mass is 10.2. The second-order valence-electron chi connectivity index (χ2n) is 3.01. The number of methoxy groups -OCH3 is 1. The number of carbonyl (C=O) groups excluding carboxylic acids is 1. The molecule has 17 heavy (non-hydrogen) atoms. The summed E-state index contributed by atoms with van der Waals surface area (Å²) in [7, 11) is 1.22. The number of hydrogen-bond donors (Lipinski definition) is 0. The van der Waals surface area contributed by atoms with Crippen LogP contribution in [0.4, 0.5) is 0 Å². The third-order valence-corrected chi connectivity index (χ3v) is 2.60. The average molecular weight is 273 g/mol. The molecule has 5 nitrogen and oxygen atoms in total. The minimum absolute atomic E-state index is 0.140. The van der Waals surface area contributed by atoms with Crippen LogP contribution in [0.5, 0.6) is 0 Å². The predicted octanol–water partition coefficient (Wildman–Crippen LogP) is 2.83. The molecule has 0 bridgehead atoms. The summed E-state index contributed by atoms with van der Waals surface area (Å²) >= 11 is 11.9. The van der Waals surface area contributed by atoms with Crippen molar-refractivity contribution in [3.05, 3.63) is 34.1 Å². The molecule has 0 aliphatic rings. The third-order valence-electron chi connectivity index (χ3n) is 1.97. The zero-order valence-corrected chi connectivity index (χ0v) is 10.1. The normalized spacial score (nSPS) is 10.3. The van der Waals surface area contributed by atoms with Gasteiger partial charge < -0.3 is 9.26 Å². The Hall–Kier alpha value is -1.59. The Labute approximate surface area is 106 Å². The van der Waals surface area contributed by atoms with Crippen molar-refractivity contribution in [2.75, 3.05) is 7.11 Å². The van der Waals surface area contributed by atoms with Crippen molar-refractivity contribution in [3.8, 4) is 11.4 Å². The van der Waals surface area contributed by atoms with Gasteiger partial charge >= 0.3 is 11.9 Å². The highest BCUT2D eigenvalue weighted by Gasteiger charge is 2.19. The van der Waals surface area contributed by atoms with Gasteiger partial charge in [0.1, 0.15) is 0 Å². The van der Waals surface area contributed by atoms with Crippen molar-refractivity contribution in [1.29, 1.82) is 0 Å². The van der Waals surface area contributed by atoms with Gasteiger partial charge in [-0.3, -0.25) is 0 Å². The van der Waals surface area contributed by atoms with Crippen molar-refractivity contribution >= 4 is 29.2 Å². The molecular formula is C10H6Cl2N2O3. The lowest BCUT2D eigenvalue weighted by Gasteiger charge is -2.00.